The first-order valence-electron chi connectivity index (χ1n) is 7.39. The monoisotopic (exact) mass is 279 g/mol. The molecule has 0 unspecified atom stereocenters. The summed E-state index contributed by atoms with van der Waals surface area (Å²) in [5.41, 5.74) is -0.485. The van der Waals surface area contributed by atoms with Crippen molar-refractivity contribution in [1.82, 2.24) is 9.78 Å². The molecule has 1 aliphatic rings. The highest BCUT2D eigenvalue weighted by molar-refractivity contribution is 5.86. The maximum absolute atomic E-state index is 12.2. The Balaban J connectivity index is 2.12. The van der Waals surface area contributed by atoms with E-state index in [1.54, 1.807) is 18.1 Å². The molecule has 0 bridgehead atoms. The maximum atomic E-state index is 12.2. The van der Waals surface area contributed by atoms with Gasteiger partial charge in [0.05, 0.1) is 12.2 Å². The fourth-order valence-electron chi connectivity index (χ4n) is 2.60. The molecule has 1 amide bonds. The molecule has 1 aromatic heterocycles. The summed E-state index contributed by atoms with van der Waals surface area (Å²) in [7, 11) is 1.74. The van der Waals surface area contributed by atoms with Crippen molar-refractivity contribution in [3.8, 4) is 0 Å². The highest BCUT2D eigenvalue weighted by Gasteiger charge is 2.25. The van der Waals surface area contributed by atoms with Crippen LogP contribution in [0.25, 0.3) is 0 Å². The van der Waals surface area contributed by atoms with Crippen molar-refractivity contribution < 1.29 is 9.53 Å². The first-order valence-corrected chi connectivity index (χ1v) is 7.39. The number of hydrogen-bond acceptors (Lipinski definition) is 3. The Morgan fingerprint density at radius 1 is 1.35 bits per heavy atom. The second kappa shape index (κ2) is 5.85. The zero-order valence-corrected chi connectivity index (χ0v) is 12.9. The Labute approximate surface area is 120 Å². The van der Waals surface area contributed by atoms with Gasteiger partial charge in [-0.3, -0.25) is 4.90 Å². The minimum Gasteiger partial charge on any atom is -0.443 e. The Kier molecular flexibility index (Phi) is 4.35. The second-order valence-electron chi connectivity index (χ2n) is 6.47. The first-order chi connectivity index (χ1) is 9.38. The van der Waals surface area contributed by atoms with Gasteiger partial charge in [0.2, 0.25) is 0 Å². The van der Waals surface area contributed by atoms with Crippen LogP contribution in [0.3, 0.4) is 0 Å². The van der Waals surface area contributed by atoms with Crippen LogP contribution in [0.5, 0.6) is 0 Å². The molecule has 20 heavy (non-hydrogen) atoms. The summed E-state index contributed by atoms with van der Waals surface area (Å²) in [4.78, 5) is 13.7. The van der Waals surface area contributed by atoms with Gasteiger partial charge in [-0.1, -0.05) is 19.3 Å². The molecule has 0 spiro atoms. The molecular weight excluding hydrogens is 254 g/mol. The zero-order chi connectivity index (χ0) is 14.8. The van der Waals surface area contributed by atoms with E-state index in [4.69, 9.17) is 4.74 Å². The van der Waals surface area contributed by atoms with E-state index >= 15 is 0 Å². The highest BCUT2D eigenvalue weighted by Crippen LogP contribution is 2.31. The SMILES string of the molecule is CN(C(=O)OC(C)(C)C)c1ccnn1C1CCCCC1. The Morgan fingerprint density at radius 3 is 2.60 bits per heavy atom. The highest BCUT2D eigenvalue weighted by atomic mass is 16.6. The van der Waals surface area contributed by atoms with Crippen molar-refractivity contribution in [3.05, 3.63) is 12.3 Å². The summed E-state index contributed by atoms with van der Waals surface area (Å²) in [5, 5.41) is 4.41. The number of aromatic nitrogens is 2. The van der Waals surface area contributed by atoms with Gasteiger partial charge in [-0.05, 0) is 33.6 Å². The summed E-state index contributed by atoms with van der Waals surface area (Å²) in [6.45, 7) is 5.62. The lowest BCUT2D eigenvalue weighted by molar-refractivity contribution is 0.0586. The topological polar surface area (TPSA) is 47.4 Å². The zero-order valence-electron chi connectivity index (χ0n) is 12.9. The normalized spacial score (nSPS) is 17.0. The average molecular weight is 279 g/mol. The number of amides is 1. The van der Waals surface area contributed by atoms with Crippen molar-refractivity contribution >= 4 is 11.9 Å². The molecule has 112 valence electrons. The van der Waals surface area contributed by atoms with E-state index in [9.17, 15) is 4.79 Å². The number of carbonyl (C=O) groups is 1. The van der Waals surface area contributed by atoms with Crippen molar-refractivity contribution in [2.45, 2.75) is 64.5 Å². The van der Waals surface area contributed by atoms with Crippen LogP contribution in [0.15, 0.2) is 12.3 Å². The van der Waals surface area contributed by atoms with E-state index in [-0.39, 0.29) is 6.09 Å². The maximum Gasteiger partial charge on any atom is 0.415 e. The van der Waals surface area contributed by atoms with Gasteiger partial charge in [0.25, 0.3) is 0 Å². The molecule has 2 rings (SSSR count). The van der Waals surface area contributed by atoms with Crippen LogP contribution in [-0.2, 0) is 4.74 Å². The summed E-state index contributed by atoms with van der Waals surface area (Å²) in [5.74, 6) is 0.811. The molecule has 0 saturated heterocycles. The number of hydrogen-bond donors (Lipinski definition) is 0. The van der Waals surface area contributed by atoms with Gasteiger partial charge >= 0.3 is 6.09 Å². The minimum absolute atomic E-state index is 0.338. The minimum atomic E-state index is -0.485. The molecule has 0 aromatic carbocycles. The second-order valence-corrected chi connectivity index (χ2v) is 6.47. The van der Waals surface area contributed by atoms with Gasteiger partial charge in [-0.25, -0.2) is 9.48 Å². The molecule has 5 heteroatoms. The van der Waals surface area contributed by atoms with E-state index in [2.05, 4.69) is 5.10 Å². The quantitative estimate of drug-likeness (QED) is 0.828. The van der Waals surface area contributed by atoms with Crippen molar-refractivity contribution in [2.75, 3.05) is 11.9 Å². The van der Waals surface area contributed by atoms with Crippen molar-refractivity contribution in [3.63, 3.8) is 0 Å². The summed E-state index contributed by atoms with van der Waals surface area (Å²) in [6, 6.07) is 2.28. The van der Waals surface area contributed by atoms with Crippen LogP contribution in [0, 0.1) is 0 Å². The van der Waals surface area contributed by atoms with Crippen LogP contribution in [0.1, 0.15) is 58.9 Å². The number of ether oxygens (including phenoxy) is 1. The largest absolute Gasteiger partial charge is 0.443 e. The Bertz CT molecular complexity index is 456. The molecule has 5 nitrogen and oxygen atoms in total. The molecule has 0 N–H and O–H groups in total. The summed E-state index contributed by atoms with van der Waals surface area (Å²) in [6.07, 6.45) is 7.46. The smallest absolute Gasteiger partial charge is 0.415 e. The molecule has 0 atom stereocenters. The molecule has 0 aliphatic heterocycles. The van der Waals surface area contributed by atoms with Crippen LogP contribution in [0.2, 0.25) is 0 Å². The molecular formula is C15H25N3O2. The Morgan fingerprint density at radius 2 is 2.00 bits per heavy atom. The van der Waals surface area contributed by atoms with Crippen molar-refractivity contribution in [1.29, 1.82) is 0 Å². The van der Waals surface area contributed by atoms with Gasteiger partial charge in [0.15, 0.2) is 0 Å². The van der Waals surface area contributed by atoms with E-state index < -0.39 is 5.60 Å². The predicted octanol–water partition coefficient (Wildman–Crippen LogP) is 3.76. The van der Waals surface area contributed by atoms with Gasteiger partial charge in [-0.2, -0.15) is 5.10 Å². The number of nitrogens with zero attached hydrogens (tertiary/aromatic N) is 3. The van der Waals surface area contributed by atoms with Crippen LogP contribution < -0.4 is 4.90 Å². The third-order valence-electron chi connectivity index (χ3n) is 3.58. The summed E-state index contributed by atoms with van der Waals surface area (Å²) >= 11 is 0. The fraction of sp³-hybridized carbons (Fsp3) is 0.733. The van der Waals surface area contributed by atoms with Crippen LogP contribution in [-0.4, -0.2) is 28.5 Å². The molecule has 1 aliphatic carbocycles. The number of anilines is 1. The first kappa shape index (κ1) is 14.9. The van der Waals surface area contributed by atoms with Gasteiger partial charge in [0, 0.05) is 13.1 Å². The average Bonchev–Trinajstić information content (AvgIpc) is 2.86. The van der Waals surface area contributed by atoms with Crippen LogP contribution in [0.4, 0.5) is 10.6 Å². The predicted molar refractivity (Wildman–Crippen MR) is 79.0 cm³/mol. The van der Waals surface area contributed by atoms with Gasteiger partial charge in [-0.15, -0.1) is 0 Å². The van der Waals surface area contributed by atoms with E-state index in [1.165, 1.54) is 19.3 Å². The lowest BCUT2D eigenvalue weighted by Crippen LogP contribution is -2.35. The summed E-state index contributed by atoms with van der Waals surface area (Å²) < 4.78 is 7.39. The third kappa shape index (κ3) is 3.52. The molecule has 1 fully saturated rings. The lowest BCUT2D eigenvalue weighted by atomic mass is 9.96. The third-order valence-corrected chi connectivity index (χ3v) is 3.58. The molecule has 1 aromatic rings. The molecule has 1 saturated carbocycles. The number of rotatable bonds is 2. The van der Waals surface area contributed by atoms with Crippen LogP contribution >= 0.6 is 0 Å². The fourth-order valence-corrected chi connectivity index (χ4v) is 2.60. The van der Waals surface area contributed by atoms with E-state index in [0.717, 1.165) is 18.7 Å². The standard InChI is InChI=1S/C15H25N3O2/c1-15(2,3)20-14(19)17(4)13-10-11-16-18(13)12-8-6-5-7-9-12/h10-12H,5-9H2,1-4H3. The molecule has 1 heterocycles. The lowest BCUT2D eigenvalue weighted by Gasteiger charge is -2.28. The van der Waals surface area contributed by atoms with Gasteiger partial charge < -0.3 is 4.74 Å². The number of carbonyl (C=O) groups excluding carboxylic acids is 1. The van der Waals surface area contributed by atoms with Gasteiger partial charge in [0.1, 0.15) is 11.4 Å². The van der Waals surface area contributed by atoms with E-state index in [0.29, 0.717) is 6.04 Å². The Hall–Kier alpha value is -1.52. The van der Waals surface area contributed by atoms with E-state index in [1.807, 2.05) is 31.5 Å². The van der Waals surface area contributed by atoms with Crippen molar-refractivity contribution in [2.24, 2.45) is 0 Å². The molecule has 0 radical (unpaired) electrons.